The molecule has 7 amide bonds. The molecule has 20 heteroatoms. The third-order valence-electron chi connectivity index (χ3n) is 10.7. The van der Waals surface area contributed by atoms with E-state index >= 15 is 0 Å². The van der Waals surface area contributed by atoms with Gasteiger partial charge in [0.25, 0.3) is 0 Å². The summed E-state index contributed by atoms with van der Waals surface area (Å²) in [5, 5.41) is 45.7. The minimum absolute atomic E-state index is 0.0199. The summed E-state index contributed by atoms with van der Waals surface area (Å²) in [6, 6.07) is 0.267. The maximum atomic E-state index is 14.2. The van der Waals surface area contributed by atoms with Gasteiger partial charge in [-0.2, -0.15) is 0 Å². The Kier molecular flexibility index (Phi) is 21.9. The molecule has 1 aliphatic rings. The van der Waals surface area contributed by atoms with Gasteiger partial charge in [0, 0.05) is 20.4 Å². The average molecular weight is 877 g/mol. The summed E-state index contributed by atoms with van der Waals surface area (Å²) in [4.78, 5) is 110. The molecule has 0 aliphatic carbocycles. The number of likely N-dealkylation sites (tertiary alicyclic amines) is 1. The van der Waals surface area contributed by atoms with Crippen molar-refractivity contribution in [3.63, 3.8) is 0 Å². The van der Waals surface area contributed by atoms with Crippen molar-refractivity contribution in [2.75, 3.05) is 13.2 Å². The molecule has 0 saturated carbocycles. The lowest BCUT2D eigenvalue weighted by atomic mass is 9.92. The summed E-state index contributed by atoms with van der Waals surface area (Å²) in [5.41, 5.74) is 8.57. The van der Waals surface area contributed by atoms with Crippen LogP contribution in [0.15, 0.2) is 30.3 Å². The zero-order valence-electron chi connectivity index (χ0n) is 37.0. The van der Waals surface area contributed by atoms with Crippen molar-refractivity contribution < 1.29 is 58.5 Å². The number of benzene rings is 1. The second kappa shape index (κ2) is 25.7. The van der Waals surface area contributed by atoms with Crippen LogP contribution in [0.3, 0.4) is 0 Å². The highest BCUT2D eigenvalue weighted by molar-refractivity contribution is 5.95. The minimum atomic E-state index is -1.70. The Morgan fingerprint density at radius 2 is 1.40 bits per heavy atom. The van der Waals surface area contributed by atoms with Gasteiger partial charge in [-0.15, -0.1) is 5.48 Å². The second-order valence-corrected chi connectivity index (χ2v) is 16.7. The Labute approximate surface area is 363 Å². The first-order chi connectivity index (χ1) is 29.1. The van der Waals surface area contributed by atoms with E-state index in [0.29, 0.717) is 18.4 Å². The molecule has 1 saturated heterocycles. The van der Waals surface area contributed by atoms with Gasteiger partial charge >= 0.3 is 5.97 Å². The minimum Gasteiger partial charge on any atom is -0.394 e. The molecule has 20 nitrogen and oxygen atoms in total. The maximum Gasteiger partial charge on any atom is 0.347 e. The topological polar surface area (TPSA) is 308 Å². The van der Waals surface area contributed by atoms with Crippen LogP contribution in [0.25, 0.3) is 0 Å². The van der Waals surface area contributed by atoms with Gasteiger partial charge in [-0.3, -0.25) is 33.6 Å². The van der Waals surface area contributed by atoms with Crippen LogP contribution in [0.4, 0.5) is 0 Å². The van der Waals surface area contributed by atoms with Crippen molar-refractivity contribution in [1.82, 2.24) is 37.0 Å². The van der Waals surface area contributed by atoms with Crippen LogP contribution < -0.4 is 37.8 Å². The fourth-order valence-corrected chi connectivity index (χ4v) is 7.13. The molecular formula is C42H68N8O12. The number of nitrogens with one attached hydrogen (secondary N) is 6. The van der Waals surface area contributed by atoms with Gasteiger partial charge < -0.3 is 57.4 Å². The summed E-state index contributed by atoms with van der Waals surface area (Å²) < 4.78 is 0. The van der Waals surface area contributed by atoms with Crippen molar-refractivity contribution in [2.45, 2.75) is 148 Å². The van der Waals surface area contributed by atoms with E-state index in [9.17, 15) is 53.7 Å². The van der Waals surface area contributed by atoms with E-state index in [2.05, 4.69) is 32.1 Å². The van der Waals surface area contributed by atoms with Gasteiger partial charge in [-0.1, -0.05) is 78.3 Å². The smallest absolute Gasteiger partial charge is 0.347 e. The largest absolute Gasteiger partial charge is 0.394 e. The number of nitrogens with zero attached hydrogens (tertiary/aromatic N) is 1. The number of primary amides is 1. The Hall–Kier alpha value is -5.18. The molecule has 10 atom stereocenters. The number of hydrogen-bond acceptors (Lipinski definition) is 13. The van der Waals surface area contributed by atoms with Crippen LogP contribution in [-0.4, -0.2) is 135 Å². The van der Waals surface area contributed by atoms with Crippen LogP contribution in [0, 0.1) is 17.8 Å². The fourth-order valence-electron chi connectivity index (χ4n) is 7.13. The lowest BCUT2D eigenvalue weighted by molar-refractivity contribution is -0.162. The van der Waals surface area contributed by atoms with Crippen LogP contribution in [0.2, 0.25) is 0 Å². The van der Waals surface area contributed by atoms with Crippen molar-refractivity contribution in [3.8, 4) is 0 Å². The number of aliphatic hydroxyl groups is 3. The number of hydrogen-bond donors (Lipinski definition) is 10. The third-order valence-corrected chi connectivity index (χ3v) is 10.7. The Balaban J connectivity index is 2.36. The van der Waals surface area contributed by atoms with E-state index in [1.807, 2.05) is 6.92 Å². The van der Waals surface area contributed by atoms with Gasteiger partial charge in [0.15, 0.2) is 0 Å². The third kappa shape index (κ3) is 16.6. The van der Waals surface area contributed by atoms with E-state index in [0.717, 1.165) is 6.92 Å². The molecule has 1 aliphatic heterocycles. The monoisotopic (exact) mass is 876 g/mol. The van der Waals surface area contributed by atoms with E-state index < -0.39 is 115 Å². The Morgan fingerprint density at radius 3 is 1.94 bits per heavy atom. The van der Waals surface area contributed by atoms with Gasteiger partial charge in [0.1, 0.15) is 42.4 Å². The normalized spacial score (nSPS) is 18.2. The van der Waals surface area contributed by atoms with E-state index in [1.165, 1.54) is 11.8 Å². The molecular weight excluding hydrogens is 809 g/mol. The van der Waals surface area contributed by atoms with Gasteiger partial charge in [0.05, 0.1) is 25.1 Å². The molecule has 348 valence electrons. The van der Waals surface area contributed by atoms with Crippen LogP contribution >= 0.6 is 0 Å². The summed E-state index contributed by atoms with van der Waals surface area (Å²) in [6.07, 6.45) is -2.74. The van der Waals surface area contributed by atoms with Gasteiger partial charge in [-0.25, -0.2) is 4.79 Å². The molecule has 2 rings (SSSR count). The van der Waals surface area contributed by atoms with Gasteiger partial charge in [0.2, 0.25) is 41.4 Å². The number of aliphatic hydroxyl groups excluding tert-OH is 3. The molecule has 0 spiro atoms. The number of carbonyl (C=O) groups excluding carboxylic acids is 8. The number of amides is 7. The van der Waals surface area contributed by atoms with E-state index in [4.69, 9.17) is 10.6 Å². The number of nitrogens with two attached hydrogens (primary N) is 1. The molecule has 11 N–H and O–H groups in total. The number of hydroxylamine groups is 1. The molecule has 0 unspecified atom stereocenters. The predicted molar refractivity (Wildman–Crippen MR) is 226 cm³/mol. The number of rotatable bonds is 25. The maximum absolute atomic E-state index is 14.2. The summed E-state index contributed by atoms with van der Waals surface area (Å²) in [7, 11) is 0. The molecule has 0 radical (unpaired) electrons. The zero-order valence-corrected chi connectivity index (χ0v) is 37.0. The lowest BCUT2D eigenvalue weighted by Crippen LogP contribution is -2.61. The second-order valence-electron chi connectivity index (χ2n) is 16.7. The molecule has 0 bridgehead atoms. The average Bonchev–Trinajstić information content (AvgIpc) is 3.70. The summed E-state index contributed by atoms with van der Waals surface area (Å²) in [6.45, 7) is 12.6. The quantitative estimate of drug-likeness (QED) is 0.0498. The van der Waals surface area contributed by atoms with Crippen molar-refractivity contribution in [3.05, 3.63) is 35.9 Å². The van der Waals surface area contributed by atoms with Crippen LogP contribution in [0.1, 0.15) is 93.1 Å². The molecule has 1 fully saturated rings. The summed E-state index contributed by atoms with van der Waals surface area (Å²) in [5.74, 6) is -6.82. The van der Waals surface area contributed by atoms with Crippen LogP contribution in [0.5, 0.6) is 0 Å². The Morgan fingerprint density at radius 1 is 0.806 bits per heavy atom. The molecule has 1 aromatic rings. The van der Waals surface area contributed by atoms with E-state index in [-0.39, 0.29) is 43.6 Å². The highest BCUT2D eigenvalue weighted by Gasteiger charge is 2.44. The zero-order chi connectivity index (χ0) is 46.8. The summed E-state index contributed by atoms with van der Waals surface area (Å²) >= 11 is 0. The predicted octanol–water partition coefficient (Wildman–Crippen LogP) is -1.56. The van der Waals surface area contributed by atoms with Crippen molar-refractivity contribution in [2.24, 2.45) is 23.5 Å². The lowest BCUT2D eigenvalue weighted by Gasteiger charge is -2.37. The van der Waals surface area contributed by atoms with Crippen LogP contribution in [-0.2, 0) is 49.6 Å². The fraction of sp³-hybridized carbons (Fsp3) is 0.667. The highest BCUT2D eigenvalue weighted by atomic mass is 16.7. The molecule has 62 heavy (non-hydrogen) atoms. The van der Waals surface area contributed by atoms with E-state index in [1.54, 1.807) is 65.0 Å². The highest BCUT2D eigenvalue weighted by Crippen LogP contribution is 2.26. The first-order valence-electron chi connectivity index (χ1n) is 21.1. The Bertz CT molecular complexity index is 1680. The first-order valence-corrected chi connectivity index (χ1v) is 21.1. The molecule has 0 aromatic heterocycles. The standard InChI is InChI=1S/C42H68N8O12/c1-9-24(6)35(48-40(59)34(23(4)5)45-26(8)53)41(60)50-17-13-16-32(50)37(56)36(55)28(19-27-14-11-10-12-15-27)49-62-42(61)30(20-33(43)54)47-38(57)29(18-22(2)3)46-39(58)31(21-51)44-25(7)52/h10-12,14-15,22-24,28-32,34-37,49,51,55-56H,9,13,16-21H2,1-8H3,(H2,43,54)(H,44,52)(H,45,53)(H,46,58)(H,47,57)(H,48,59)/t24-,28-,29-,30-,31-,32-,34-,35-,36-,37-/m0/s1. The van der Waals surface area contributed by atoms with Crippen molar-refractivity contribution >= 4 is 47.3 Å². The molecule has 1 heterocycles. The molecule has 1 aromatic carbocycles. The number of carbonyl (C=O) groups is 8. The SMILES string of the molecule is CC[C@H](C)[C@H](NC(=O)[C@@H](NC(C)=O)C(C)C)C(=O)N1CCC[C@H]1[C@H](O)[C@@H](O)[C@H](Cc1ccccc1)NOC(=O)[C@H](CC(N)=O)NC(=O)[C@H](CC(C)C)NC(=O)[C@H](CO)NC(C)=O. The van der Waals surface area contributed by atoms with Crippen molar-refractivity contribution in [1.29, 1.82) is 0 Å². The first kappa shape index (κ1) is 53.0. The van der Waals surface area contributed by atoms with Gasteiger partial charge in [-0.05, 0) is 49.0 Å².